The number of benzene rings is 1. The first-order chi connectivity index (χ1) is 8.58. The van der Waals surface area contributed by atoms with Crippen molar-refractivity contribution in [1.82, 2.24) is 10.1 Å². The lowest BCUT2D eigenvalue weighted by molar-refractivity contribution is 0.216. The molecule has 0 aliphatic carbocycles. The lowest BCUT2D eigenvalue weighted by Gasteiger charge is -2.03. The minimum Gasteiger partial charge on any atom is -0.448 e. The van der Waals surface area contributed by atoms with Crippen molar-refractivity contribution >= 4 is 9.84 Å². The maximum Gasteiger partial charge on any atom is 0.417 e. The van der Waals surface area contributed by atoms with E-state index in [0.717, 1.165) is 0 Å². The Morgan fingerprint density at radius 2 is 2.00 bits per heavy atom. The van der Waals surface area contributed by atoms with Crippen LogP contribution < -0.4 is 4.74 Å². The van der Waals surface area contributed by atoms with Crippen LogP contribution in [0.5, 0.6) is 6.08 Å². The van der Waals surface area contributed by atoms with Gasteiger partial charge < -0.3 is 4.74 Å². The zero-order chi connectivity index (χ0) is 13.0. The summed E-state index contributed by atoms with van der Waals surface area (Å²) in [4.78, 5) is 4.08. The molecule has 2 aromatic rings. The average molecular weight is 268 g/mol. The molecule has 1 heterocycles. The Morgan fingerprint density at radius 3 is 2.61 bits per heavy atom. The zero-order valence-electron chi connectivity index (χ0n) is 9.74. The first kappa shape index (κ1) is 12.6. The molecule has 0 radical (unpaired) electrons. The van der Waals surface area contributed by atoms with E-state index < -0.39 is 9.84 Å². The van der Waals surface area contributed by atoms with E-state index in [2.05, 4.69) is 10.1 Å². The van der Waals surface area contributed by atoms with Crippen LogP contribution in [0, 0.1) is 6.92 Å². The predicted molar refractivity (Wildman–Crippen MR) is 63.0 cm³/mol. The molecule has 0 spiro atoms. The Labute approximate surface area is 105 Å². The number of aryl methyl sites for hydroxylation is 1. The van der Waals surface area contributed by atoms with Gasteiger partial charge in [0, 0.05) is 0 Å². The molecular formula is C11H12N2O4S. The number of aromatic nitrogens is 2. The summed E-state index contributed by atoms with van der Waals surface area (Å²) in [7, 11) is -3.34. The van der Waals surface area contributed by atoms with E-state index in [9.17, 15) is 8.42 Å². The molecule has 0 amide bonds. The largest absolute Gasteiger partial charge is 0.448 e. The van der Waals surface area contributed by atoms with Gasteiger partial charge in [0.05, 0.1) is 10.6 Å². The zero-order valence-corrected chi connectivity index (χ0v) is 10.6. The van der Waals surface area contributed by atoms with Gasteiger partial charge in [-0.15, -0.1) is 0 Å². The van der Waals surface area contributed by atoms with Crippen molar-refractivity contribution < 1.29 is 17.7 Å². The second-order valence-electron chi connectivity index (χ2n) is 3.59. The van der Waals surface area contributed by atoms with E-state index in [-0.39, 0.29) is 23.3 Å². The quantitative estimate of drug-likeness (QED) is 0.811. The van der Waals surface area contributed by atoms with Gasteiger partial charge in [0.15, 0.2) is 15.7 Å². The highest BCUT2D eigenvalue weighted by Gasteiger charge is 2.14. The Kier molecular flexibility index (Phi) is 3.61. The van der Waals surface area contributed by atoms with Gasteiger partial charge in [0.25, 0.3) is 0 Å². The first-order valence-electron chi connectivity index (χ1n) is 5.29. The van der Waals surface area contributed by atoms with Crippen molar-refractivity contribution in [2.75, 3.05) is 12.4 Å². The molecule has 0 fully saturated rings. The van der Waals surface area contributed by atoms with E-state index in [1.165, 1.54) is 0 Å². The van der Waals surface area contributed by atoms with E-state index in [4.69, 9.17) is 9.26 Å². The molecule has 1 aromatic carbocycles. The predicted octanol–water partition coefficient (Wildman–Crippen LogP) is 1.23. The fourth-order valence-corrected chi connectivity index (χ4v) is 2.43. The minimum absolute atomic E-state index is 0.0178. The Bertz CT molecular complexity index is 607. The lowest BCUT2D eigenvalue weighted by atomic mass is 10.4. The number of ether oxygens (including phenoxy) is 1. The molecule has 18 heavy (non-hydrogen) atoms. The van der Waals surface area contributed by atoms with Gasteiger partial charge in [0.2, 0.25) is 0 Å². The summed E-state index contributed by atoms with van der Waals surface area (Å²) in [5.74, 6) is 0.300. The topological polar surface area (TPSA) is 82.3 Å². The average Bonchev–Trinajstić information content (AvgIpc) is 2.76. The Morgan fingerprint density at radius 1 is 1.28 bits per heavy atom. The van der Waals surface area contributed by atoms with Crippen LogP contribution in [0.15, 0.2) is 39.8 Å². The second kappa shape index (κ2) is 5.18. The molecule has 7 heteroatoms. The Balaban J connectivity index is 1.94. The maximum atomic E-state index is 11.9. The van der Waals surface area contributed by atoms with Gasteiger partial charge in [-0.25, -0.2) is 8.42 Å². The molecule has 2 rings (SSSR count). The highest BCUT2D eigenvalue weighted by molar-refractivity contribution is 7.91. The molecule has 0 aliphatic heterocycles. The summed E-state index contributed by atoms with van der Waals surface area (Å²) < 4.78 is 33.5. The molecule has 0 bridgehead atoms. The Hall–Kier alpha value is -1.89. The highest BCUT2D eigenvalue weighted by atomic mass is 32.2. The molecule has 0 saturated heterocycles. The summed E-state index contributed by atoms with van der Waals surface area (Å²) in [5.41, 5.74) is 0. The third kappa shape index (κ3) is 3.07. The SMILES string of the molecule is Cc1noc(OCCS(=O)(=O)c2ccccc2)n1. The molecule has 6 nitrogen and oxygen atoms in total. The van der Waals surface area contributed by atoms with Crippen LogP contribution in [0.2, 0.25) is 0 Å². The van der Waals surface area contributed by atoms with Gasteiger partial charge in [-0.3, -0.25) is 4.52 Å². The van der Waals surface area contributed by atoms with Crippen molar-refractivity contribution in [3.05, 3.63) is 36.2 Å². The van der Waals surface area contributed by atoms with Gasteiger partial charge >= 0.3 is 6.08 Å². The van der Waals surface area contributed by atoms with Gasteiger partial charge in [-0.2, -0.15) is 4.98 Å². The summed E-state index contributed by atoms with van der Waals surface area (Å²) in [5, 5.41) is 3.53. The number of rotatable bonds is 5. The number of sulfone groups is 1. The molecule has 0 saturated carbocycles. The van der Waals surface area contributed by atoms with Crippen LogP contribution in [-0.4, -0.2) is 30.9 Å². The highest BCUT2D eigenvalue weighted by Crippen LogP contribution is 2.11. The summed E-state index contributed by atoms with van der Waals surface area (Å²) >= 11 is 0. The van der Waals surface area contributed by atoms with E-state index in [1.807, 2.05) is 0 Å². The van der Waals surface area contributed by atoms with Crippen molar-refractivity contribution in [2.45, 2.75) is 11.8 Å². The summed E-state index contributed by atoms with van der Waals surface area (Å²) in [6.45, 7) is 1.62. The first-order valence-corrected chi connectivity index (χ1v) is 6.94. The molecule has 0 atom stereocenters. The minimum atomic E-state index is -3.34. The molecule has 0 aliphatic rings. The fraction of sp³-hybridized carbons (Fsp3) is 0.273. The van der Waals surface area contributed by atoms with Crippen LogP contribution >= 0.6 is 0 Å². The van der Waals surface area contributed by atoms with Crippen LogP contribution in [0.1, 0.15) is 5.82 Å². The molecule has 96 valence electrons. The number of hydrogen-bond acceptors (Lipinski definition) is 6. The smallest absolute Gasteiger partial charge is 0.417 e. The third-order valence-electron chi connectivity index (χ3n) is 2.19. The van der Waals surface area contributed by atoms with Crippen LogP contribution in [0.25, 0.3) is 0 Å². The number of hydrogen-bond donors (Lipinski definition) is 0. The van der Waals surface area contributed by atoms with E-state index in [1.54, 1.807) is 37.3 Å². The second-order valence-corrected chi connectivity index (χ2v) is 5.70. The fourth-order valence-electron chi connectivity index (χ4n) is 1.32. The molecular weight excluding hydrogens is 256 g/mol. The lowest BCUT2D eigenvalue weighted by Crippen LogP contribution is -2.14. The number of nitrogens with zero attached hydrogens (tertiary/aromatic N) is 2. The molecule has 1 aromatic heterocycles. The van der Waals surface area contributed by atoms with Crippen molar-refractivity contribution in [3.63, 3.8) is 0 Å². The van der Waals surface area contributed by atoms with Crippen LogP contribution in [-0.2, 0) is 9.84 Å². The van der Waals surface area contributed by atoms with Crippen molar-refractivity contribution in [1.29, 1.82) is 0 Å². The van der Waals surface area contributed by atoms with Crippen LogP contribution in [0.3, 0.4) is 0 Å². The monoisotopic (exact) mass is 268 g/mol. The standard InChI is InChI=1S/C11H12N2O4S/c1-9-12-11(17-13-9)16-7-8-18(14,15)10-5-3-2-4-6-10/h2-6H,7-8H2,1H3. The van der Waals surface area contributed by atoms with Gasteiger partial charge in [-0.1, -0.05) is 23.4 Å². The normalized spacial score (nSPS) is 11.4. The third-order valence-corrected chi connectivity index (χ3v) is 3.88. The summed E-state index contributed by atoms with van der Waals surface area (Å²) in [6.07, 6.45) is -0.0178. The molecule has 0 N–H and O–H groups in total. The summed E-state index contributed by atoms with van der Waals surface area (Å²) in [6, 6.07) is 8.21. The van der Waals surface area contributed by atoms with E-state index >= 15 is 0 Å². The molecule has 0 unspecified atom stereocenters. The van der Waals surface area contributed by atoms with Gasteiger partial charge in [-0.05, 0) is 19.1 Å². The van der Waals surface area contributed by atoms with Crippen LogP contribution in [0.4, 0.5) is 0 Å². The van der Waals surface area contributed by atoms with Crippen molar-refractivity contribution in [3.8, 4) is 6.08 Å². The van der Waals surface area contributed by atoms with Gasteiger partial charge in [0.1, 0.15) is 6.61 Å². The van der Waals surface area contributed by atoms with E-state index in [0.29, 0.717) is 5.82 Å². The maximum absolute atomic E-state index is 11.9. The van der Waals surface area contributed by atoms with Crippen molar-refractivity contribution in [2.24, 2.45) is 0 Å².